The fourth-order valence-corrected chi connectivity index (χ4v) is 0.994. The first-order valence-corrected chi connectivity index (χ1v) is 4.11. The Balaban J connectivity index is 2.68. The van der Waals surface area contributed by atoms with E-state index in [1.54, 1.807) is 11.9 Å². The lowest BCUT2D eigenvalue weighted by Gasteiger charge is -2.16. The largest absolute Gasteiger partial charge is 0.338 e. The molecule has 0 bridgehead atoms. The molecule has 0 unspecified atom stereocenters. The van der Waals surface area contributed by atoms with Crippen LogP contribution in [0.3, 0.4) is 0 Å². The van der Waals surface area contributed by atoms with E-state index in [2.05, 4.69) is 12.2 Å². The molecule has 0 aliphatic carbocycles. The number of para-hydroxylation sites is 1. The lowest BCUT2D eigenvalue weighted by Crippen LogP contribution is -2.37. The maximum atomic E-state index is 11.3. The second-order valence-electron chi connectivity index (χ2n) is 2.63. The van der Waals surface area contributed by atoms with Gasteiger partial charge in [0.05, 0.1) is 0 Å². The molecule has 3 heteroatoms. The Labute approximate surface area is 78.4 Å². The number of hydrogen-bond donors (Lipinski definition) is 1. The average molecular weight is 177 g/mol. The highest BCUT2D eigenvalue weighted by Crippen LogP contribution is 2.10. The summed E-state index contributed by atoms with van der Waals surface area (Å²) >= 11 is 0. The van der Waals surface area contributed by atoms with Crippen LogP contribution in [0.5, 0.6) is 0 Å². The van der Waals surface area contributed by atoms with Crippen molar-refractivity contribution in [2.24, 2.45) is 0 Å². The predicted molar refractivity (Wildman–Crippen MR) is 53.6 cm³/mol. The number of hydrogen-bond acceptors (Lipinski definition) is 1. The van der Waals surface area contributed by atoms with Crippen LogP contribution >= 0.6 is 0 Å². The number of anilines is 1. The maximum Gasteiger partial charge on any atom is 0.321 e. The molecule has 13 heavy (non-hydrogen) atoms. The van der Waals surface area contributed by atoms with Crippen LogP contribution in [0, 0.1) is 6.92 Å². The molecule has 69 valence electrons. The molecule has 0 aliphatic rings. The summed E-state index contributed by atoms with van der Waals surface area (Å²) in [4.78, 5) is 12.9. The molecule has 1 aromatic rings. The van der Waals surface area contributed by atoms with Crippen molar-refractivity contribution >= 4 is 11.7 Å². The van der Waals surface area contributed by atoms with E-state index in [-0.39, 0.29) is 6.03 Å². The van der Waals surface area contributed by atoms with Crippen LogP contribution in [0.15, 0.2) is 30.3 Å². The van der Waals surface area contributed by atoms with E-state index in [0.717, 1.165) is 5.69 Å². The van der Waals surface area contributed by atoms with Gasteiger partial charge in [-0.15, -0.1) is 0 Å². The summed E-state index contributed by atoms with van der Waals surface area (Å²) in [7, 11) is 1.72. The first kappa shape index (κ1) is 9.58. The Morgan fingerprint density at radius 1 is 1.46 bits per heavy atom. The number of urea groups is 1. The van der Waals surface area contributed by atoms with Gasteiger partial charge < -0.3 is 5.32 Å². The van der Waals surface area contributed by atoms with Gasteiger partial charge in [0, 0.05) is 19.3 Å². The fraction of sp³-hybridized carbons (Fsp3) is 0.200. The third-order valence-corrected chi connectivity index (χ3v) is 1.72. The third kappa shape index (κ3) is 2.47. The number of amides is 2. The van der Waals surface area contributed by atoms with Crippen molar-refractivity contribution in [2.75, 3.05) is 18.5 Å². The standard InChI is InChI=1S/C10H13N2O/c1-3-11-10(13)12(2)9-7-5-4-6-8-9/h4-8H,1,3H2,2H3,(H,11,13). The van der Waals surface area contributed by atoms with Crippen molar-refractivity contribution < 1.29 is 4.79 Å². The van der Waals surface area contributed by atoms with Crippen molar-refractivity contribution in [2.45, 2.75) is 0 Å². The zero-order valence-electron chi connectivity index (χ0n) is 7.66. The van der Waals surface area contributed by atoms with Crippen LogP contribution in [0.1, 0.15) is 0 Å². The first-order valence-electron chi connectivity index (χ1n) is 4.11. The van der Waals surface area contributed by atoms with E-state index in [0.29, 0.717) is 6.54 Å². The predicted octanol–water partition coefficient (Wildman–Crippen LogP) is 1.67. The van der Waals surface area contributed by atoms with Gasteiger partial charge in [-0.05, 0) is 19.1 Å². The normalized spacial score (nSPS) is 9.38. The third-order valence-electron chi connectivity index (χ3n) is 1.72. The lowest BCUT2D eigenvalue weighted by molar-refractivity contribution is 0.248. The summed E-state index contributed by atoms with van der Waals surface area (Å²) in [6.45, 7) is 3.94. The molecule has 0 saturated heterocycles. The molecule has 2 amide bonds. The van der Waals surface area contributed by atoms with E-state index < -0.39 is 0 Å². The molecule has 0 atom stereocenters. The molecule has 0 aromatic heterocycles. The van der Waals surface area contributed by atoms with Gasteiger partial charge in [0.15, 0.2) is 0 Å². The fourth-order valence-electron chi connectivity index (χ4n) is 0.994. The molecule has 0 aliphatic heterocycles. The van der Waals surface area contributed by atoms with Crippen LogP contribution < -0.4 is 10.2 Å². The molecular formula is C10H13N2O. The summed E-state index contributed by atoms with van der Waals surface area (Å²) in [6, 6.07) is 9.32. The van der Waals surface area contributed by atoms with Crippen LogP contribution in [0.25, 0.3) is 0 Å². The van der Waals surface area contributed by atoms with Crippen LogP contribution in [0.2, 0.25) is 0 Å². The summed E-state index contributed by atoms with van der Waals surface area (Å²) in [5.41, 5.74) is 0.869. The Morgan fingerprint density at radius 3 is 2.62 bits per heavy atom. The van der Waals surface area contributed by atoms with Gasteiger partial charge in [-0.3, -0.25) is 4.90 Å². The molecule has 0 fully saturated rings. The molecule has 1 rings (SSSR count). The van der Waals surface area contributed by atoms with Gasteiger partial charge in [-0.1, -0.05) is 18.2 Å². The van der Waals surface area contributed by atoms with Gasteiger partial charge >= 0.3 is 6.03 Å². The smallest absolute Gasteiger partial charge is 0.321 e. The average Bonchev–Trinajstić information content (AvgIpc) is 2.18. The van der Waals surface area contributed by atoms with Gasteiger partial charge in [-0.2, -0.15) is 0 Å². The van der Waals surface area contributed by atoms with Crippen molar-refractivity contribution in [1.29, 1.82) is 0 Å². The number of benzene rings is 1. The van der Waals surface area contributed by atoms with E-state index >= 15 is 0 Å². The lowest BCUT2D eigenvalue weighted by atomic mass is 10.3. The monoisotopic (exact) mass is 177 g/mol. The van der Waals surface area contributed by atoms with Crippen LogP contribution in [0.4, 0.5) is 10.5 Å². The maximum absolute atomic E-state index is 11.3. The number of nitrogens with zero attached hydrogens (tertiary/aromatic N) is 1. The highest BCUT2D eigenvalue weighted by molar-refractivity contribution is 5.91. The van der Waals surface area contributed by atoms with Crippen LogP contribution in [-0.4, -0.2) is 19.6 Å². The molecular weight excluding hydrogens is 164 g/mol. The van der Waals surface area contributed by atoms with Gasteiger partial charge in [-0.25, -0.2) is 4.79 Å². The molecule has 1 radical (unpaired) electrons. The van der Waals surface area contributed by atoms with E-state index in [1.807, 2.05) is 30.3 Å². The van der Waals surface area contributed by atoms with E-state index in [1.165, 1.54) is 0 Å². The Kier molecular flexibility index (Phi) is 3.31. The minimum Gasteiger partial charge on any atom is -0.338 e. The SMILES string of the molecule is [CH2]CNC(=O)N(C)c1ccccc1. The quantitative estimate of drug-likeness (QED) is 0.732. The van der Waals surface area contributed by atoms with E-state index in [9.17, 15) is 4.79 Å². The summed E-state index contributed by atoms with van der Waals surface area (Å²) < 4.78 is 0. The number of nitrogens with one attached hydrogen (secondary N) is 1. The zero-order valence-corrected chi connectivity index (χ0v) is 7.66. The minimum atomic E-state index is -0.138. The van der Waals surface area contributed by atoms with Crippen molar-refractivity contribution in [1.82, 2.24) is 5.32 Å². The molecule has 0 heterocycles. The second-order valence-corrected chi connectivity index (χ2v) is 2.63. The number of carbonyl (C=O) groups excluding carboxylic acids is 1. The topological polar surface area (TPSA) is 32.3 Å². The highest BCUT2D eigenvalue weighted by atomic mass is 16.2. The molecule has 0 spiro atoms. The molecule has 3 nitrogen and oxygen atoms in total. The zero-order chi connectivity index (χ0) is 9.68. The van der Waals surface area contributed by atoms with Gasteiger partial charge in [0.25, 0.3) is 0 Å². The van der Waals surface area contributed by atoms with E-state index in [4.69, 9.17) is 0 Å². The summed E-state index contributed by atoms with van der Waals surface area (Å²) in [6.07, 6.45) is 0. The van der Waals surface area contributed by atoms with Crippen LogP contribution in [-0.2, 0) is 0 Å². The van der Waals surface area contributed by atoms with Gasteiger partial charge in [0.2, 0.25) is 0 Å². The number of carbonyl (C=O) groups is 1. The van der Waals surface area contributed by atoms with Crippen molar-refractivity contribution in [3.05, 3.63) is 37.3 Å². The van der Waals surface area contributed by atoms with Gasteiger partial charge in [0.1, 0.15) is 0 Å². The Hall–Kier alpha value is -1.51. The first-order chi connectivity index (χ1) is 6.25. The second kappa shape index (κ2) is 4.50. The molecule has 1 aromatic carbocycles. The summed E-state index contributed by atoms with van der Waals surface area (Å²) in [5, 5.41) is 2.62. The molecule has 1 N–H and O–H groups in total. The highest BCUT2D eigenvalue weighted by Gasteiger charge is 2.07. The summed E-state index contributed by atoms with van der Waals surface area (Å²) in [5.74, 6) is 0. The molecule has 0 saturated carbocycles. The Bertz CT molecular complexity index is 272. The minimum absolute atomic E-state index is 0.138. The Morgan fingerprint density at radius 2 is 2.08 bits per heavy atom. The van der Waals surface area contributed by atoms with Crippen molar-refractivity contribution in [3.8, 4) is 0 Å². The van der Waals surface area contributed by atoms with Crippen molar-refractivity contribution in [3.63, 3.8) is 0 Å². The number of rotatable bonds is 2.